The van der Waals surface area contributed by atoms with Gasteiger partial charge in [0.15, 0.2) is 0 Å². The number of methoxy groups -OCH3 is 1. The van der Waals surface area contributed by atoms with Crippen molar-refractivity contribution in [2.75, 3.05) is 13.7 Å². The first-order valence-corrected chi connectivity index (χ1v) is 5.99. The highest BCUT2D eigenvalue weighted by Gasteiger charge is 2.20. The zero-order chi connectivity index (χ0) is 14.4. The Morgan fingerprint density at radius 2 is 2.10 bits per heavy atom. The summed E-state index contributed by atoms with van der Waals surface area (Å²) < 4.78 is 31.5. The molecule has 1 amide bonds. The number of carbonyl (C=O) groups excluding carboxylic acids is 1. The topological polar surface area (TPSA) is 64.4 Å². The van der Waals surface area contributed by atoms with Crippen molar-refractivity contribution in [3.63, 3.8) is 0 Å². The second kappa shape index (κ2) is 8.84. The number of amides is 1. The predicted octanol–water partition coefficient (Wildman–Crippen LogP) is 1.93. The molecule has 0 aliphatic heterocycles. The van der Waals surface area contributed by atoms with E-state index in [1.807, 2.05) is 0 Å². The number of carbonyl (C=O) groups is 1. The third kappa shape index (κ3) is 5.03. The van der Waals surface area contributed by atoms with Crippen molar-refractivity contribution in [2.45, 2.75) is 25.4 Å². The molecule has 0 fully saturated rings. The number of hydrogen-bond donors (Lipinski definition) is 2. The van der Waals surface area contributed by atoms with Crippen LogP contribution in [0.5, 0.6) is 0 Å². The molecule has 20 heavy (non-hydrogen) atoms. The van der Waals surface area contributed by atoms with Crippen LogP contribution in [0.15, 0.2) is 18.2 Å². The minimum absolute atomic E-state index is 0. The van der Waals surface area contributed by atoms with Crippen LogP contribution >= 0.6 is 12.4 Å². The molecule has 0 heterocycles. The van der Waals surface area contributed by atoms with E-state index in [9.17, 15) is 13.6 Å². The molecule has 114 valence electrons. The molecule has 3 N–H and O–H groups in total. The lowest BCUT2D eigenvalue weighted by Crippen LogP contribution is -2.44. The van der Waals surface area contributed by atoms with E-state index in [2.05, 4.69) is 5.32 Å². The molecule has 1 aromatic rings. The summed E-state index contributed by atoms with van der Waals surface area (Å²) in [5.74, 6) is -1.57. The Kier molecular flexibility index (Phi) is 8.29. The molecule has 1 rings (SSSR count). The van der Waals surface area contributed by atoms with Gasteiger partial charge in [-0.3, -0.25) is 4.79 Å². The first kappa shape index (κ1) is 18.8. The first-order chi connectivity index (χ1) is 8.99. The molecule has 1 aromatic carbocycles. The van der Waals surface area contributed by atoms with Crippen LogP contribution in [0.4, 0.5) is 8.78 Å². The summed E-state index contributed by atoms with van der Waals surface area (Å²) in [6, 6.07) is 1.69. The number of nitrogens with two attached hydrogens (primary N) is 1. The Balaban J connectivity index is 0.00000361. The number of nitrogens with one attached hydrogen (secondary N) is 1. The van der Waals surface area contributed by atoms with Crippen molar-refractivity contribution in [1.29, 1.82) is 0 Å². The normalized spacial score (nSPS) is 13.2. The monoisotopic (exact) mass is 308 g/mol. The summed E-state index contributed by atoms with van der Waals surface area (Å²) in [7, 11) is 1.43. The van der Waals surface area contributed by atoms with Crippen LogP contribution < -0.4 is 11.1 Å². The van der Waals surface area contributed by atoms with E-state index in [1.54, 1.807) is 6.92 Å². The van der Waals surface area contributed by atoms with E-state index in [1.165, 1.54) is 7.11 Å². The predicted molar refractivity (Wildman–Crippen MR) is 74.6 cm³/mol. The van der Waals surface area contributed by atoms with Crippen LogP contribution in [0.3, 0.4) is 0 Å². The fraction of sp³-hybridized carbons (Fsp3) is 0.462. The molecule has 0 aromatic heterocycles. The highest BCUT2D eigenvalue weighted by Crippen LogP contribution is 2.21. The van der Waals surface area contributed by atoms with Gasteiger partial charge in [0.25, 0.3) is 0 Å². The number of ether oxygens (including phenoxy) is 1. The molecule has 0 saturated carbocycles. The van der Waals surface area contributed by atoms with Crippen LogP contribution in [0.2, 0.25) is 0 Å². The van der Waals surface area contributed by atoms with E-state index >= 15 is 0 Å². The molecular weight excluding hydrogens is 290 g/mol. The quantitative estimate of drug-likeness (QED) is 0.844. The Bertz CT molecular complexity index is 446. The van der Waals surface area contributed by atoms with Gasteiger partial charge in [-0.05, 0) is 24.6 Å². The van der Waals surface area contributed by atoms with Gasteiger partial charge >= 0.3 is 0 Å². The molecular formula is C13H19ClF2N2O2. The molecule has 0 aliphatic rings. The lowest BCUT2D eigenvalue weighted by Gasteiger charge is -2.20. The van der Waals surface area contributed by atoms with E-state index in [4.69, 9.17) is 10.5 Å². The van der Waals surface area contributed by atoms with Gasteiger partial charge in [-0.2, -0.15) is 0 Å². The second-order valence-electron chi connectivity index (χ2n) is 4.20. The number of hydrogen-bond acceptors (Lipinski definition) is 3. The maximum atomic E-state index is 13.6. The highest BCUT2D eigenvalue weighted by molar-refractivity contribution is 5.85. The maximum absolute atomic E-state index is 13.6. The summed E-state index contributed by atoms with van der Waals surface area (Å²) >= 11 is 0. The smallest absolute Gasteiger partial charge is 0.239 e. The molecule has 2 atom stereocenters. The van der Waals surface area contributed by atoms with Crippen molar-refractivity contribution in [3.8, 4) is 0 Å². The summed E-state index contributed by atoms with van der Waals surface area (Å²) in [6.07, 6.45) is 0.422. The third-order valence-corrected chi connectivity index (χ3v) is 2.74. The standard InChI is InChI=1S/C13H18F2N2O2.ClH/c1-3-12(17-13(18)11(16)7-19-2)9-6-8(14)4-5-10(9)15;/h4-6,11-12H,3,7,16H2,1-2H3,(H,17,18);1H. The zero-order valence-corrected chi connectivity index (χ0v) is 12.2. The van der Waals surface area contributed by atoms with Gasteiger partial charge in [0, 0.05) is 12.7 Å². The summed E-state index contributed by atoms with van der Waals surface area (Å²) in [4.78, 5) is 11.7. The van der Waals surface area contributed by atoms with Crippen LogP contribution in [0.25, 0.3) is 0 Å². The average Bonchev–Trinajstić information content (AvgIpc) is 2.39. The van der Waals surface area contributed by atoms with Gasteiger partial charge in [-0.15, -0.1) is 12.4 Å². The van der Waals surface area contributed by atoms with Gasteiger partial charge in [0.2, 0.25) is 5.91 Å². The SMILES string of the molecule is CCC(NC(=O)C(N)COC)c1cc(F)ccc1F.Cl. The van der Waals surface area contributed by atoms with E-state index in [0.29, 0.717) is 6.42 Å². The highest BCUT2D eigenvalue weighted by atomic mass is 35.5. The fourth-order valence-corrected chi connectivity index (χ4v) is 1.72. The molecule has 4 nitrogen and oxygen atoms in total. The molecule has 0 bridgehead atoms. The van der Waals surface area contributed by atoms with Crippen molar-refractivity contribution in [1.82, 2.24) is 5.32 Å². The van der Waals surface area contributed by atoms with E-state index in [0.717, 1.165) is 18.2 Å². The van der Waals surface area contributed by atoms with Crippen LogP contribution in [-0.2, 0) is 9.53 Å². The summed E-state index contributed by atoms with van der Waals surface area (Å²) in [5.41, 5.74) is 5.68. The van der Waals surface area contributed by atoms with Gasteiger partial charge in [0.1, 0.15) is 17.7 Å². The van der Waals surface area contributed by atoms with Crippen molar-refractivity contribution in [2.24, 2.45) is 5.73 Å². The zero-order valence-electron chi connectivity index (χ0n) is 11.4. The number of benzene rings is 1. The van der Waals surface area contributed by atoms with E-state index in [-0.39, 0.29) is 24.6 Å². The Morgan fingerprint density at radius 3 is 2.65 bits per heavy atom. The molecule has 0 saturated heterocycles. The Morgan fingerprint density at radius 1 is 1.45 bits per heavy atom. The van der Waals surface area contributed by atoms with Crippen LogP contribution in [0.1, 0.15) is 24.9 Å². The van der Waals surface area contributed by atoms with Crippen LogP contribution in [0, 0.1) is 11.6 Å². The molecule has 0 radical (unpaired) electrons. The van der Waals surface area contributed by atoms with Gasteiger partial charge in [-0.25, -0.2) is 8.78 Å². The summed E-state index contributed by atoms with van der Waals surface area (Å²) in [6.45, 7) is 1.82. The number of halogens is 3. The molecule has 0 spiro atoms. The van der Waals surface area contributed by atoms with Crippen molar-refractivity contribution >= 4 is 18.3 Å². The fourth-order valence-electron chi connectivity index (χ4n) is 1.72. The molecule has 7 heteroatoms. The molecule has 0 aliphatic carbocycles. The molecule has 2 unspecified atom stereocenters. The Labute approximate surface area is 123 Å². The maximum Gasteiger partial charge on any atom is 0.239 e. The second-order valence-corrected chi connectivity index (χ2v) is 4.20. The van der Waals surface area contributed by atoms with Crippen molar-refractivity contribution < 1.29 is 18.3 Å². The average molecular weight is 309 g/mol. The van der Waals surface area contributed by atoms with E-state index < -0.39 is 29.6 Å². The minimum Gasteiger partial charge on any atom is -0.383 e. The number of rotatable bonds is 6. The van der Waals surface area contributed by atoms with Crippen LogP contribution in [-0.4, -0.2) is 25.7 Å². The minimum atomic E-state index is -0.837. The van der Waals surface area contributed by atoms with Gasteiger partial charge in [-0.1, -0.05) is 6.92 Å². The summed E-state index contributed by atoms with van der Waals surface area (Å²) in [5, 5.41) is 2.58. The van der Waals surface area contributed by atoms with Crippen molar-refractivity contribution in [3.05, 3.63) is 35.4 Å². The Hall–Kier alpha value is -1.24. The third-order valence-electron chi connectivity index (χ3n) is 2.74. The first-order valence-electron chi connectivity index (χ1n) is 5.99. The lowest BCUT2D eigenvalue weighted by atomic mass is 10.0. The lowest BCUT2D eigenvalue weighted by molar-refractivity contribution is -0.124. The van der Waals surface area contributed by atoms with Gasteiger partial charge in [0.05, 0.1) is 12.6 Å². The van der Waals surface area contributed by atoms with Gasteiger partial charge < -0.3 is 15.8 Å². The largest absolute Gasteiger partial charge is 0.383 e.